The molecule has 2 aliphatic rings. The zero-order valence-electron chi connectivity index (χ0n) is 20.5. The number of carboxylic acid groups (broad SMARTS) is 1. The number of hydrogen-bond acceptors (Lipinski definition) is 5. The van der Waals surface area contributed by atoms with Crippen molar-refractivity contribution >= 4 is 28.0 Å². The number of alkyl halides is 1. The molecule has 37 heavy (non-hydrogen) atoms. The molecule has 2 N–H and O–H groups in total. The summed E-state index contributed by atoms with van der Waals surface area (Å²) in [6.07, 6.45) is 4.00. The SMILES string of the molecule is COc1cc(-n2c(C3CCOCC3)c([C@H]3CC[C@](F)(C(=O)O)CC3)c3nc4[nH]ncc4cc32)ccc1F. The van der Waals surface area contributed by atoms with Gasteiger partial charge in [-0.05, 0) is 62.6 Å². The van der Waals surface area contributed by atoms with Gasteiger partial charge >= 0.3 is 5.97 Å². The van der Waals surface area contributed by atoms with Gasteiger partial charge in [0.1, 0.15) is 0 Å². The molecule has 4 aromatic rings. The van der Waals surface area contributed by atoms with Crippen LogP contribution in [0.5, 0.6) is 5.75 Å². The molecule has 1 saturated heterocycles. The van der Waals surface area contributed by atoms with Crippen molar-refractivity contribution in [3.05, 3.63) is 47.5 Å². The van der Waals surface area contributed by atoms with Crippen LogP contribution in [-0.2, 0) is 9.53 Å². The number of rotatable bonds is 5. The largest absolute Gasteiger partial charge is 0.494 e. The third-order valence-corrected chi connectivity index (χ3v) is 7.99. The first-order chi connectivity index (χ1) is 17.9. The molecular formula is C27H28F2N4O4. The Morgan fingerprint density at radius 2 is 1.95 bits per heavy atom. The first-order valence-corrected chi connectivity index (χ1v) is 12.6. The highest BCUT2D eigenvalue weighted by Crippen LogP contribution is 2.48. The lowest BCUT2D eigenvalue weighted by Gasteiger charge is -2.33. The lowest BCUT2D eigenvalue weighted by molar-refractivity contribution is -0.153. The number of fused-ring (bicyclic) bond motifs is 2. The Morgan fingerprint density at radius 3 is 2.65 bits per heavy atom. The van der Waals surface area contributed by atoms with Gasteiger partial charge in [-0.1, -0.05) is 0 Å². The molecule has 0 radical (unpaired) electrons. The molecule has 0 spiro atoms. The van der Waals surface area contributed by atoms with Crippen LogP contribution in [0.15, 0.2) is 30.5 Å². The van der Waals surface area contributed by atoms with E-state index < -0.39 is 17.5 Å². The highest BCUT2D eigenvalue weighted by molar-refractivity contribution is 5.94. The van der Waals surface area contributed by atoms with Gasteiger partial charge in [-0.15, -0.1) is 0 Å². The first kappa shape index (κ1) is 23.8. The number of halogens is 2. The van der Waals surface area contributed by atoms with Gasteiger partial charge in [0.05, 0.1) is 24.3 Å². The molecule has 8 nitrogen and oxygen atoms in total. The van der Waals surface area contributed by atoms with E-state index in [0.29, 0.717) is 31.7 Å². The fourth-order valence-electron chi connectivity index (χ4n) is 6.03. The van der Waals surface area contributed by atoms with E-state index in [1.165, 1.54) is 13.2 Å². The molecule has 2 fully saturated rings. The maximum Gasteiger partial charge on any atom is 0.341 e. The van der Waals surface area contributed by atoms with Crippen molar-refractivity contribution in [1.82, 2.24) is 19.7 Å². The van der Waals surface area contributed by atoms with E-state index in [1.54, 1.807) is 18.3 Å². The smallest absolute Gasteiger partial charge is 0.341 e. The van der Waals surface area contributed by atoms with Gasteiger partial charge in [0, 0.05) is 47.5 Å². The van der Waals surface area contributed by atoms with Crippen LogP contribution in [0.4, 0.5) is 8.78 Å². The lowest BCUT2D eigenvalue weighted by Crippen LogP contribution is -2.37. The highest BCUT2D eigenvalue weighted by atomic mass is 19.1. The quantitative estimate of drug-likeness (QED) is 0.373. The van der Waals surface area contributed by atoms with Crippen LogP contribution in [0.3, 0.4) is 0 Å². The zero-order valence-corrected chi connectivity index (χ0v) is 20.5. The predicted octanol–water partition coefficient (Wildman–Crippen LogP) is 5.39. The van der Waals surface area contributed by atoms with Crippen molar-refractivity contribution in [2.75, 3.05) is 20.3 Å². The Hall–Kier alpha value is -3.53. The number of hydrogen-bond donors (Lipinski definition) is 2. The minimum atomic E-state index is -2.21. The van der Waals surface area contributed by atoms with Crippen molar-refractivity contribution in [3.63, 3.8) is 0 Å². The molecule has 3 aromatic heterocycles. The molecule has 0 bridgehead atoms. The number of aromatic nitrogens is 4. The summed E-state index contributed by atoms with van der Waals surface area (Å²) in [5, 5.41) is 17.4. The average Bonchev–Trinajstić information content (AvgIpc) is 3.50. The van der Waals surface area contributed by atoms with Crippen molar-refractivity contribution in [3.8, 4) is 11.4 Å². The second-order valence-corrected chi connectivity index (χ2v) is 10.0. The van der Waals surface area contributed by atoms with E-state index in [4.69, 9.17) is 14.5 Å². The van der Waals surface area contributed by atoms with Crippen LogP contribution >= 0.6 is 0 Å². The first-order valence-electron chi connectivity index (χ1n) is 12.6. The van der Waals surface area contributed by atoms with Crippen molar-refractivity contribution in [2.24, 2.45) is 0 Å². The molecule has 0 atom stereocenters. The van der Waals surface area contributed by atoms with Crippen LogP contribution in [-0.4, -0.2) is 56.8 Å². The lowest BCUT2D eigenvalue weighted by atomic mass is 9.75. The number of aliphatic carboxylic acids is 1. The normalized spacial score (nSPS) is 23.1. The minimum absolute atomic E-state index is 0.0520. The molecular weight excluding hydrogens is 482 g/mol. The monoisotopic (exact) mass is 510 g/mol. The van der Waals surface area contributed by atoms with E-state index in [2.05, 4.69) is 14.8 Å². The Kier molecular flexibility index (Phi) is 5.86. The summed E-state index contributed by atoms with van der Waals surface area (Å²) < 4.78 is 42.5. The molecule has 6 rings (SSSR count). The fraction of sp³-hybridized carbons (Fsp3) is 0.444. The standard InChI is InChI=1S/C27H28F2N4O4/c1-36-21-13-18(2-3-19(21)28)33-20-12-17-14-30-32-25(17)31-23(20)22(24(33)16-6-10-37-11-7-16)15-4-8-27(29,9-5-15)26(34)35/h2-3,12-16H,4-11H2,1H3,(H,34,35)(H,30,31,32)/t15-,27+. The van der Waals surface area contributed by atoms with E-state index in [-0.39, 0.29) is 30.4 Å². The molecule has 1 aliphatic carbocycles. The van der Waals surface area contributed by atoms with Crippen molar-refractivity contribution in [2.45, 2.75) is 56.0 Å². The summed E-state index contributed by atoms with van der Waals surface area (Å²) in [6, 6.07) is 6.81. The van der Waals surface area contributed by atoms with Crippen LogP contribution in [0.2, 0.25) is 0 Å². The third kappa shape index (κ3) is 3.94. The van der Waals surface area contributed by atoms with Gasteiger partial charge in [0.15, 0.2) is 17.2 Å². The van der Waals surface area contributed by atoms with Crippen LogP contribution in [0, 0.1) is 5.82 Å². The van der Waals surface area contributed by atoms with Gasteiger partial charge in [-0.3, -0.25) is 5.10 Å². The Balaban J connectivity index is 1.61. The number of carbonyl (C=O) groups is 1. The van der Waals surface area contributed by atoms with Gasteiger partial charge in [0.2, 0.25) is 5.67 Å². The minimum Gasteiger partial charge on any atom is -0.494 e. The number of pyridine rings is 1. The Morgan fingerprint density at radius 1 is 1.19 bits per heavy atom. The van der Waals surface area contributed by atoms with Crippen LogP contribution in [0.25, 0.3) is 27.8 Å². The summed E-state index contributed by atoms with van der Waals surface area (Å²) >= 11 is 0. The van der Waals surface area contributed by atoms with E-state index >= 15 is 4.39 Å². The van der Waals surface area contributed by atoms with E-state index in [1.807, 2.05) is 6.07 Å². The molecule has 10 heteroatoms. The Bertz CT molecular complexity index is 1480. The third-order valence-electron chi connectivity index (χ3n) is 7.99. The second kappa shape index (κ2) is 9.09. The van der Waals surface area contributed by atoms with Crippen molar-refractivity contribution < 1.29 is 28.2 Å². The van der Waals surface area contributed by atoms with Gasteiger partial charge < -0.3 is 19.1 Å². The fourth-order valence-corrected chi connectivity index (χ4v) is 6.03. The van der Waals surface area contributed by atoms with Crippen LogP contribution in [0.1, 0.15) is 61.6 Å². The van der Waals surface area contributed by atoms with Gasteiger partial charge in [0.25, 0.3) is 0 Å². The number of carboxylic acids is 1. The summed E-state index contributed by atoms with van der Waals surface area (Å²) in [5.41, 5.74) is 2.84. The van der Waals surface area contributed by atoms with Gasteiger partial charge in [-0.25, -0.2) is 18.6 Å². The number of H-pyrrole nitrogens is 1. The molecule has 1 aliphatic heterocycles. The Labute approximate surface area is 211 Å². The molecule has 0 amide bonds. The number of ether oxygens (including phenoxy) is 2. The number of nitrogens with zero attached hydrogens (tertiary/aromatic N) is 3. The molecule has 4 heterocycles. The highest BCUT2D eigenvalue weighted by Gasteiger charge is 2.44. The molecule has 1 aromatic carbocycles. The summed E-state index contributed by atoms with van der Waals surface area (Å²) in [4.78, 5) is 16.5. The summed E-state index contributed by atoms with van der Waals surface area (Å²) in [5.74, 6) is -1.64. The van der Waals surface area contributed by atoms with Crippen LogP contribution < -0.4 is 4.74 Å². The number of methoxy groups -OCH3 is 1. The second-order valence-electron chi connectivity index (χ2n) is 10.0. The van der Waals surface area contributed by atoms with E-state index in [9.17, 15) is 14.3 Å². The summed E-state index contributed by atoms with van der Waals surface area (Å²) in [6.45, 7) is 1.24. The topological polar surface area (TPSA) is 102 Å². The molecule has 1 saturated carbocycles. The average molecular weight is 511 g/mol. The molecule has 194 valence electrons. The number of aromatic amines is 1. The van der Waals surface area contributed by atoms with Crippen molar-refractivity contribution in [1.29, 1.82) is 0 Å². The zero-order chi connectivity index (χ0) is 25.7. The maximum absolute atomic E-state index is 15.0. The summed E-state index contributed by atoms with van der Waals surface area (Å²) in [7, 11) is 1.44. The van der Waals surface area contributed by atoms with E-state index in [0.717, 1.165) is 46.2 Å². The predicted molar refractivity (Wildman–Crippen MR) is 133 cm³/mol. The van der Waals surface area contributed by atoms with Gasteiger partial charge in [-0.2, -0.15) is 5.10 Å². The number of benzene rings is 1. The maximum atomic E-state index is 15.0. The number of nitrogens with one attached hydrogen (secondary N) is 1. The molecule has 0 unspecified atom stereocenters.